The van der Waals surface area contributed by atoms with Gasteiger partial charge in [0.05, 0.1) is 5.41 Å². The summed E-state index contributed by atoms with van der Waals surface area (Å²) < 4.78 is 1.71. The van der Waals surface area contributed by atoms with Gasteiger partial charge in [0, 0.05) is 38.9 Å². The maximum absolute atomic E-state index is 12.7. The number of amides is 2. The minimum Gasteiger partial charge on any atom is -0.342 e. The second kappa shape index (κ2) is 5.41. The van der Waals surface area contributed by atoms with Crippen molar-refractivity contribution in [3.63, 3.8) is 0 Å². The number of carbonyl (C=O) groups is 2. The largest absolute Gasteiger partial charge is 0.342 e. The van der Waals surface area contributed by atoms with Crippen LogP contribution in [0.15, 0.2) is 6.07 Å². The van der Waals surface area contributed by atoms with Gasteiger partial charge in [0.15, 0.2) is 5.69 Å². The van der Waals surface area contributed by atoms with Crippen molar-refractivity contribution in [2.24, 2.45) is 12.5 Å². The van der Waals surface area contributed by atoms with E-state index in [1.54, 1.807) is 9.58 Å². The molecule has 120 valence electrons. The van der Waals surface area contributed by atoms with Crippen molar-refractivity contribution in [1.29, 1.82) is 0 Å². The van der Waals surface area contributed by atoms with E-state index < -0.39 is 0 Å². The smallest absolute Gasteiger partial charge is 0.274 e. The van der Waals surface area contributed by atoms with Crippen LogP contribution < -0.4 is 0 Å². The van der Waals surface area contributed by atoms with E-state index in [0.717, 1.165) is 38.0 Å². The molecule has 1 unspecified atom stereocenters. The molecule has 6 heteroatoms. The molecular formula is C16H24N4O2. The Bertz CT molecular complexity index is 590. The summed E-state index contributed by atoms with van der Waals surface area (Å²) in [4.78, 5) is 29.0. The van der Waals surface area contributed by atoms with Crippen LogP contribution in [0.3, 0.4) is 0 Å². The molecule has 1 aromatic heterocycles. The highest BCUT2D eigenvalue weighted by Gasteiger charge is 2.51. The van der Waals surface area contributed by atoms with E-state index in [1.807, 2.05) is 24.9 Å². The predicted octanol–water partition coefficient (Wildman–Crippen LogP) is 1.20. The first-order valence-corrected chi connectivity index (χ1v) is 8.06. The summed E-state index contributed by atoms with van der Waals surface area (Å²) in [6.07, 6.45) is 2.64. The average molecular weight is 304 g/mol. The normalized spacial score (nSPS) is 24.8. The average Bonchev–Trinajstić information content (AvgIpc) is 3.15. The number of hydrogen-bond donors (Lipinski definition) is 0. The molecular weight excluding hydrogens is 280 g/mol. The van der Waals surface area contributed by atoms with Gasteiger partial charge in [-0.05, 0) is 32.3 Å². The van der Waals surface area contributed by atoms with Crippen LogP contribution in [0, 0.1) is 12.3 Å². The first-order chi connectivity index (χ1) is 10.5. The highest BCUT2D eigenvalue weighted by Crippen LogP contribution is 2.41. The van der Waals surface area contributed by atoms with Crippen LogP contribution in [0.2, 0.25) is 0 Å². The summed E-state index contributed by atoms with van der Waals surface area (Å²) >= 11 is 0. The van der Waals surface area contributed by atoms with Crippen molar-refractivity contribution >= 4 is 11.8 Å². The van der Waals surface area contributed by atoms with E-state index in [0.29, 0.717) is 18.8 Å². The molecule has 6 nitrogen and oxygen atoms in total. The Labute approximate surface area is 131 Å². The number of aromatic nitrogens is 2. The van der Waals surface area contributed by atoms with Crippen molar-refractivity contribution in [3.8, 4) is 0 Å². The first kappa shape index (κ1) is 15.1. The summed E-state index contributed by atoms with van der Waals surface area (Å²) in [5, 5.41) is 4.26. The standard InChI is InChI=1S/C16H24N4O2/c1-4-7-19-8-5-16(15(19)22)6-9-20(11-16)14(21)13-10-12(2)18(3)17-13/h10H,4-9,11H2,1-3H3. The topological polar surface area (TPSA) is 58.4 Å². The van der Waals surface area contributed by atoms with Gasteiger partial charge in [-0.1, -0.05) is 6.92 Å². The van der Waals surface area contributed by atoms with E-state index in [4.69, 9.17) is 0 Å². The van der Waals surface area contributed by atoms with E-state index in [-0.39, 0.29) is 17.2 Å². The molecule has 3 heterocycles. The Kier molecular flexibility index (Phi) is 3.70. The lowest BCUT2D eigenvalue weighted by atomic mass is 9.85. The molecule has 2 saturated heterocycles. The van der Waals surface area contributed by atoms with Crippen LogP contribution in [0.25, 0.3) is 0 Å². The van der Waals surface area contributed by atoms with Gasteiger partial charge >= 0.3 is 0 Å². The highest BCUT2D eigenvalue weighted by atomic mass is 16.2. The Morgan fingerprint density at radius 2 is 2.09 bits per heavy atom. The molecule has 0 bridgehead atoms. The minimum atomic E-state index is -0.339. The molecule has 2 amide bonds. The quantitative estimate of drug-likeness (QED) is 0.843. The molecule has 0 radical (unpaired) electrons. The molecule has 3 rings (SSSR count). The number of aryl methyl sites for hydroxylation is 2. The molecule has 0 saturated carbocycles. The highest BCUT2D eigenvalue weighted by molar-refractivity contribution is 5.94. The lowest BCUT2D eigenvalue weighted by molar-refractivity contribution is -0.135. The van der Waals surface area contributed by atoms with Crippen molar-refractivity contribution in [2.45, 2.75) is 33.1 Å². The zero-order valence-electron chi connectivity index (χ0n) is 13.6. The van der Waals surface area contributed by atoms with Gasteiger partial charge in [-0.3, -0.25) is 14.3 Å². The molecule has 0 N–H and O–H groups in total. The van der Waals surface area contributed by atoms with Gasteiger partial charge in [-0.15, -0.1) is 0 Å². The van der Waals surface area contributed by atoms with E-state index in [1.165, 1.54) is 0 Å². The maximum atomic E-state index is 12.7. The molecule has 0 aliphatic carbocycles. The predicted molar refractivity (Wildman–Crippen MR) is 82.4 cm³/mol. The third kappa shape index (κ3) is 2.30. The molecule has 22 heavy (non-hydrogen) atoms. The van der Waals surface area contributed by atoms with Crippen molar-refractivity contribution in [2.75, 3.05) is 26.2 Å². The van der Waals surface area contributed by atoms with Gasteiger partial charge in [0.1, 0.15) is 0 Å². The van der Waals surface area contributed by atoms with Crippen LogP contribution >= 0.6 is 0 Å². The molecule has 2 aliphatic heterocycles. The Morgan fingerprint density at radius 3 is 2.73 bits per heavy atom. The zero-order valence-corrected chi connectivity index (χ0v) is 13.6. The van der Waals surface area contributed by atoms with Gasteiger partial charge in [-0.25, -0.2) is 0 Å². The van der Waals surface area contributed by atoms with E-state index in [2.05, 4.69) is 12.0 Å². The van der Waals surface area contributed by atoms with Gasteiger partial charge in [-0.2, -0.15) is 5.10 Å². The summed E-state index contributed by atoms with van der Waals surface area (Å²) in [6.45, 7) is 6.87. The molecule has 1 atom stereocenters. The molecule has 1 aromatic rings. The zero-order chi connectivity index (χ0) is 15.9. The number of nitrogens with zero attached hydrogens (tertiary/aromatic N) is 4. The fourth-order valence-corrected chi connectivity index (χ4v) is 3.63. The van der Waals surface area contributed by atoms with Gasteiger partial charge < -0.3 is 9.80 Å². The number of hydrogen-bond acceptors (Lipinski definition) is 3. The Balaban J connectivity index is 1.72. The summed E-state index contributed by atoms with van der Waals surface area (Å²) in [6, 6.07) is 1.81. The maximum Gasteiger partial charge on any atom is 0.274 e. The van der Waals surface area contributed by atoms with E-state index in [9.17, 15) is 9.59 Å². The lowest BCUT2D eigenvalue weighted by Gasteiger charge is -2.23. The first-order valence-electron chi connectivity index (χ1n) is 8.06. The Morgan fingerprint density at radius 1 is 1.36 bits per heavy atom. The summed E-state index contributed by atoms with van der Waals surface area (Å²) in [7, 11) is 1.83. The lowest BCUT2D eigenvalue weighted by Crippen LogP contribution is -2.38. The van der Waals surface area contributed by atoms with Gasteiger partial charge in [0.25, 0.3) is 5.91 Å². The summed E-state index contributed by atoms with van der Waals surface area (Å²) in [5.74, 6) is 0.184. The van der Waals surface area contributed by atoms with Crippen molar-refractivity contribution in [3.05, 3.63) is 17.5 Å². The molecule has 0 aromatic carbocycles. The van der Waals surface area contributed by atoms with Crippen LogP contribution in [-0.2, 0) is 11.8 Å². The second-order valence-corrected chi connectivity index (χ2v) is 6.59. The molecule has 2 fully saturated rings. The number of likely N-dealkylation sites (tertiary alicyclic amines) is 2. The fraction of sp³-hybridized carbons (Fsp3) is 0.688. The third-order valence-electron chi connectivity index (χ3n) is 5.07. The summed E-state index contributed by atoms with van der Waals surface area (Å²) in [5.41, 5.74) is 1.10. The molecule has 2 aliphatic rings. The van der Waals surface area contributed by atoms with Crippen LogP contribution in [0.5, 0.6) is 0 Å². The molecule has 1 spiro atoms. The monoisotopic (exact) mass is 304 g/mol. The van der Waals surface area contributed by atoms with Gasteiger partial charge in [0.2, 0.25) is 5.91 Å². The van der Waals surface area contributed by atoms with Crippen LogP contribution in [0.4, 0.5) is 0 Å². The van der Waals surface area contributed by atoms with Crippen molar-refractivity contribution < 1.29 is 9.59 Å². The van der Waals surface area contributed by atoms with Crippen LogP contribution in [-0.4, -0.2) is 57.6 Å². The SMILES string of the molecule is CCCN1CCC2(CCN(C(=O)c3cc(C)n(C)n3)C2)C1=O. The van der Waals surface area contributed by atoms with E-state index >= 15 is 0 Å². The third-order valence-corrected chi connectivity index (χ3v) is 5.07. The fourth-order valence-electron chi connectivity index (χ4n) is 3.63. The van der Waals surface area contributed by atoms with Crippen LogP contribution in [0.1, 0.15) is 42.4 Å². The number of carbonyl (C=O) groups excluding carboxylic acids is 2. The number of rotatable bonds is 3. The van der Waals surface area contributed by atoms with Crippen molar-refractivity contribution in [1.82, 2.24) is 19.6 Å². The Hall–Kier alpha value is -1.85. The second-order valence-electron chi connectivity index (χ2n) is 6.59. The minimum absolute atomic E-state index is 0.0534.